The summed E-state index contributed by atoms with van der Waals surface area (Å²) in [6.07, 6.45) is 0. The van der Waals surface area contributed by atoms with Crippen LogP contribution < -0.4 is 10.1 Å². The van der Waals surface area contributed by atoms with Crippen molar-refractivity contribution in [3.05, 3.63) is 52.5 Å². The van der Waals surface area contributed by atoms with Crippen molar-refractivity contribution in [1.82, 2.24) is 0 Å². The van der Waals surface area contributed by atoms with E-state index in [4.69, 9.17) is 16.3 Å². The van der Waals surface area contributed by atoms with Gasteiger partial charge in [-0.1, -0.05) is 23.7 Å². The lowest BCUT2D eigenvalue weighted by molar-refractivity contribution is 0.415. The number of methoxy groups -OCH3 is 1. The van der Waals surface area contributed by atoms with Crippen molar-refractivity contribution >= 4 is 17.3 Å². The van der Waals surface area contributed by atoms with Gasteiger partial charge in [0.2, 0.25) is 0 Å². The van der Waals surface area contributed by atoms with Crippen LogP contribution in [0, 0.1) is 6.92 Å². The zero-order chi connectivity index (χ0) is 14.7. The topological polar surface area (TPSA) is 41.5 Å². The van der Waals surface area contributed by atoms with Crippen molar-refractivity contribution in [3.8, 4) is 11.5 Å². The van der Waals surface area contributed by atoms with Crippen LogP contribution in [0.5, 0.6) is 11.5 Å². The van der Waals surface area contributed by atoms with Crippen molar-refractivity contribution in [2.75, 3.05) is 12.4 Å². The Morgan fingerprint density at radius 2 is 1.95 bits per heavy atom. The van der Waals surface area contributed by atoms with E-state index in [1.807, 2.05) is 44.2 Å². The fourth-order valence-corrected chi connectivity index (χ4v) is 2.36. The molecular weight excluding hydrogens is 274 g/mol. The van der Waals surface area contributed by atoms with Crippen LogP contribution in [0.25, 0.3) is 0 Å². The molecule has 1 unspecified atom stereocenters. The zero-order valence-electron chi connectivity index (χ0n) is 11.8. The lowest BCUT2D eigenvalue weighted by atomic mass is 10.0. The highest BCUT2D eigenvalue weighted by Gasteiger charge is 2.11. The molecular formula is C16H18ClNO2. The Morgan fingerprint density at radius 1 is 1.20 bits per heavy atom. The lowest BCUT2D eigenvalue weighted by Crippen LogP contribution is -2.07. The van der Waals surface area contributed by atoms with E-state index in [9.17, 15) is 5.11 Å². The molecule has 0 amide bonds. The largest absolute Gasteiger partial charge is 0.508 e. The van der Waals surface area contributed by atoms with Gasteiger partial charge in [0.15, 0.2) is 0 Å². The quantitative estimate of drug-likeness (QED) is 0.869. The molecule has 106 valence electrons. The van der Waals surface area contributed by atoms with Crippen molar-refractivity contribution in [2.24, 2.45) is 0 Å². The first-order chi connectivity index (χ1) is 9.51. The van der Waals surface area contributed by atoms with E-state index >= 15 is 0 Å². The number of halogens is 1. The second kappa shape index (κ2) is 6.06. The Balaban J connectivity index is 2.18. The summed E-state index contributed by atoms with van der Waals surface area (Å²) in [7, 11) is 1.58. The highest BCUT2D eigenvalue weighted by atomic mass is 35.5. The van der Waals surface area contributed by atoms with Gasteiger partial charge in [-0.15, -0.1) is 0 Å². The average molecular weight is 292 g/mol. The minimum atomic E-state index is -0.0277. The van der Waals surface area contributed by atoms with Gasteiger partial charge in [-0.3, -0.25) is 0 Å². The van der Waals surface area contributed by atoms with Gasteiger partial charge < -0.3 is 15.2 Å². The van der Waals surface area contributed by atoms with Gasteiger partial charge in [0.1, 0.15) is 11.5 Å². The molecule has 3 nitrogen and oxygen atoms in total. The summed E-state index contributed by atoms with van der Waals surface area (Å²) >= 11 is 6.10. The molecule has 0 bridgehead atoms. The maximum atomic E-state index is 9.99. The van der Waals surface area contributed by atoms with Crippen LogP contribution in [0.1, 0.15) is 24.1 Å². The average Bonchev–Trinajstić information content (AvgIpc) is 2.38. The normalized spacial score (nSPS) is 12.0. The van der Waals surface area contributed by atoms with Gasteiger partial charge in [-0.2, -0.15) is 0 Å². The first kappa shape index (κ1) is 14.5. The van der Waals surface area contributed by atoms with Crippen LogP contribution >= 0.6 is 11.6 Å². The summed E-state index contributed by atoms with van der Waals surface area (Å²) in [5.74, 6) is 0.938. The van der Waals surface area contributed by atoms with Crippen LogP contribution in [0.4, 0.5) is 5.69 Å². The van der Waals surface area contributed by atoms with Gasteiger partial charge in [0.05, 0.1) is 18.2 Å². The molecule has 0 aliphatic heterocycles. The minimum Gasteiger partial charge on any atom is -0.508 e. The molecule has 0 aliphatic carbocycles. The smallest absolute Gasteiger partial charge is 0.137 e. The molecule has 2 rings (SSSR count). The summed E-state index contributed by atoms with van der Waals surface area (Å²) in [5.41, 5.74) is 2.76. The molecule has 2 N–H and O–H groups in total. The van der Waals surface area contributed by atoms with Crippen molar-refractivity contribution in [3.63, 3.8) is 0 Å². The maximum absolute atomic E-state index is 9.99. The number of nitrogens with one attached hydrogen (secondary N) is 1. The van der Waals surface area contributed by atoms with E-state index in [1.165, 1.54) is 0 Å². The number of hydrogen-bond donors (Lipinski definition) is 2. The Labute approximate surface area is 124 Å². The maximum Gasteiger partial charge on any atom is 0.137 e. The van der Waals surface area contributed by atoms with Crippen molar-refractivity contribution in [2.45, 2.75) is 19.9 Å². The van der Waals surface area contributed by atoms with Crippen LogP contribution in [0.15, 0.2) is 36.4 Å². The van der Waals surface area contributed by atoms with E-state index in [1.54, 1.807) is 13.2 Å². The molecule has 0 aromatic heterocycles. The van der Waals surface area contributed by atoms with E-state index in [2.05, 4.69) is 5.32 Å². The van der Waals surface area contributed by atoms with Crippen molar-refractivity contribution < 1.29 is 9.84 Å². The Kier molecular flexibility index (Phi) is 4.40. The number of benzene rings is 2. The SMILES string of the molecule is COc1ccc(NC(C)c2ccc(C)cc2O)cc1Cl. The van der Waals surface area contributed by atoms with Gasteiger partial charge in [0, 0.05) is 11.3 Å². The molecule has 2 aromatic rings. The third kappa shape index (κ3) is 3.17. The highest BCUT2D eigenvalue weighted by Crippen LogP contribution is 2.31. The van der Waals surface area contributed by atoms with Gasteiger partial charge in [-0.05, 0) is 43.7 Å². The Hall–Kier alpha value is -1.87. The van der Waals surface area contributed by atoms with Crippen LogP contribution in [-0.2, 0) is 0 Å². The fourth-order valence-electron chi connectivity index (χ4n) is 2.10. The molecule has 0 saturated heterocycles. The highest BCUT2D eigenvalue weighted by molar-refractivity contribution is 6.32. The monoisotopic (exact) mass is 291 g/mol. The molecule has 0 spiro atoms. The first-order valence-corrected chi connectivity index (χ1v) is 6.78. The number of hydrogen-bond acceptors (Lipinski definition) is 3. The standard InChI is InChI=1S/C16H18ClNO2/c1-10-4-6-13(15(19)8-10)11(2)18-12-5-7-16(20-3)14(17)9-12/h4-9,11,18-19H,1-3H3. The number of aryl methyl sites for hydroxylation is 1. The molecule has 0 radical (unpaired) electrons. The molecule has 0 aliphatic rings. The number of anilines is 1. The first-order valence-electron chi connectivity index (χ1n) is 6.41. The number of phenols is 1. The fraction of sp³-hybridized carbons (Fsp3) is 0.250. The summed E-state index contributed by atoms with van der Waals surface area (Å²) in [6, 6.07) is 11.2. The third-order valence-corrected chi connectivity index (χ3v) is 3.48. The van der Waals surface area contributed by atoms with Crippen LogP contribution in [0.2, 0.25) is 5.02 Å². The molecule has 0 fully saturated rings. The van der Waals surface area contributed by atoms with Crippen LogP contribution in [0.3, 0.4) is 0 Å². The summed E-state index contributed by atoms with van der Waals surface area (Å²) in [4.78, 5) is 0. The number of aromatic hydroxyl groups is 1. The minimum absolute atomic E-state index is 0.0277. The van der Waals surface area contributed by atoms with E-state index in [0.29, 0.717) is 16.5 Å². The van der Waals surface area contributed by atoms with Gasteiger partial charge in [-0.25, -0.2) is 0 Å². The lowest BCUT2D eigenvalue weighted by Gasteiger charge is -2.18. The third-order valence-electron chi connectivity index (χ3n) is 3.19. The number of ether oxygens (including phenoxy) is 1. The van der Waals surface area contributed by atoms with E-state index in [-0.39, 0.29) is 6.04 Å². The molecule has 20 heavy (non-hydrogen) atoms. The summed E-state index contributed by atoms with van der Waals surface area (Å²) in [5, 5.41) is 13.9. The second-order valence-electron chi connectivity index (χ2n) is 4.78. The molecule has 0 heterocycles. The summed E-state index contributed by atoms with van der Waals surface area (Å²) < 4.78 is 5.12. The number of phenolic OH excluding ortho intramolecular Hbond substituents is 1. The molecule has 1 atom stereocenters. The van der Waals surface area contributed by atoms with Crippen LogP contribution in [-0.4, -0.2) is 12.2 Å². The second-order valence-corrected chi connectivity index (χ2v) is 5.18. The molecule has 4 heteroatoms. The van der Waals surface area contributed by atoms with Crippen molar-refractivity contribution in [1.29, 1.82) is 0 Å². The van der Waals surface area contributed by atoms with E-state index in [0.717, 1.165) is 16.8 Å². The number of rotatable bonds is 4. The molecule has 2 aromatic carbocycles. The van der Waals surface area contributed by atoms with E-state index < -0.39 is 0 Å². The molecule has 0 saturated carbocycles. The predicted octanol–water partition coefficient (Wildman–Crippen LogP) is 4.54. The Morgan fingerprint density at radius 3 is 2.55 bits per heavy atom. The zero-order valence-corrected chi connectivity index (χ0v) is 12.5. The van der Waals surface area contributed by atoms with Gasteiger partial charge >= 0.3 is 0 Å². The Bertz CT molecular complexity index is 613. The summed E-state index contributed by atoms with van der Waals surface area (Å²) in [6.45, 7) is 3.94. The predicted molar refractivity (Wildman–Crippen MR) is 82.9 cm³/mol. The van der Waals surface area contributed by atoms with Gasteiger partial charge in [0.25, 0.3) is 0 Å².